The summed E-state index contributed by atoms with van der Waals surface area (Å²) < 4.78 is 25.3. The lowest BCUT2D eigenvalue weighted by atomic mass is 9.98. The molecule has 13 nitrogen and oxygen atoms in total. The Hall–Kier alpha value is -1.39. The Balaban J connectivity index is 2.20. The molecule has 29 heavy (non-hydrogen) atoms. The third kappa shape index (κ3) is 4.86. The zero-order valence-electron chi connectivity index (χ0n) is 15.3. The molecule has 0 aromatic heterocycles. The van der Waals surface area contributed by atoms with Crippen molar-refractivity contribution in [1.82, 2.24) is 0 Å². The molecule has 9 atom stereocenters. The summed E-state index contributed by atoms with van der Waals surface area (Å²) in [6, 6.07) is 0. The van der Waals surface area contributed by atoms with Crippen molar-refractivity contribution in [3.8, 4) is 0 Å². The van der Waals surface area contributed by atoms with E-state index in [-0.39, 0.29) is 6.61 Å². The number of carbonyl (C=O) groups is 1. The third-order valence-electron chi connectivity index (χ3n) is 4.60. The molecular weight excluding hydrogens is 400 g/mol. The van der Waals surface area contributed by atoms with Crippen LogP contribution >= 0.6 is 0 Å². The van der Waals surface area contributed by atoms with E-state index < -0.39 is 80.8 Å². The Morgan fingerprint density at radius 1 is 1.03 bits per heavy atom. The van der Waals surface area contributed by atoms with E-state index in [1.807, 2.05) is 0 Å². The minimum Gasteiger partial charge on any atom is -0.430 e. The summed E-state index contributed by atoms with van der Waals surface area (Å²) in [6.07, 6.45) is -13.2. The molecule has 0 spiro atoms. The van der Waals surface area contributed by atoms with Gasteiger partial charge in [-0.1, -0.05) is 12.7 Å². The van der Waals surface area contributed by atoms with Crippen LogP contribution in [0.1, 0.15) is 0 Å². The molecule has 2 rings (SSSR count). The van der Waals surface area contributed by atoms with Gasteiger partial charge in [0.05, 0.1) is 13.2 Å². The smallest absolute Gasteiger partial charge is 0.430 e. The standard InChI is InChI=1S/C16H26O13/c1-2-3-25-15(24)27-12-9(20)7(4-17)26-14(11(12)22)29-16(6-19)13(23)10(21)8(5-18)28-16/h2,7-14,17-23H,1,3-6H2/t7-,8-,9-,10-,11-,12+,13+,14-,16+/m1/s1. The molecule has 2 aliphatic heterocycles. The summed E-state index contributed by atoms with van der Waals surface area (Å²) in [5, 5.41) is 69.0. The van der Waals surface area contributed by atoms with E-state index in [1.165, 1.54) is 6.08 Å². The topological polar surface area (TPSA) is 205 Å². The summed E-state index contributed by atoms with van der Waals surface area (Å²) >= 11 is 0. The van der Waals surface area contributed by atoms with Crippen molar-refractivity contribution < 1.29 is 64.2 Å². The van der Waals surface area contributed by atoms with Crippen LogP contribution in [0.4, 0.5) is 4.79 Å². The molecule has 0 saturated carbocycles. The lowest BCUT2D eigenvalue weighted by molar-refractivity contribution is -0.383. The molecule has 2 fully saturated rings. The Kier molecular flexibility index (Phi) is 8.30. The van der Waals surface area contributed by atoms with Gasteiger partial charge in [-0.15, -0.1) is 0 Å². The zero-order valence-corrected chi connectivity index (χ0v) is 15.3. The van der Waals surface area contributed by atoms with Crippen molar-refractivity contribution in [3.05, 3.63) is 12.7 Å². The molecule has 0 aliphatic carbocycles. The highest BCUT2D eigenvalue weighted by molar-refractivity contribution is 5.60. The highest BCUT2D eigenvalue weighted by Crippen LogP contribution is 2.36. The van der Waals surface area contributed by atoms with E-state index in [0.717, 1.165) is 0 Å². The van der Waals surface area contributed by atoms with Crippen molar-refractivity contribution in [2.45, 2.75) is 54.8 Å². The number of ether oxygens (including phenoxy) is 5. The average molecular weight is 426 g/mol. The molecular formula is C16H26O13. The van der Waals surface area contributed by atoms with Crippen molar-refractivity contribution in [2.24, 2.45) is 0 Å². The van der Waals surface area contributed by atoms with Crippen molar-refractivity contribution in [3.63, 3.8) is 0 Å². The molecule has 0 aromatic rings. The van der Waals surface area contributed by atoms with Gasteiger partial charge in [-0.2, -0.15) is 0 Å². The second kappa shape index (κ2) is 10.1. The van der Waals surface area contributed by atoms with Crippen LogP contribution in [0, 0.1) is 0 Å². The van der Waals surface area contributed by atoms with Crippen LogP contribution in [0.15, 0.2) is 12.7 Å². The van der Waals surface area contributed by atoms with E-state index in [9.17, 15) is 40.5 Å². The highest BCUT2D eigenvalue weighted by Gasteiger charge is 2.58. The van der Waals surface area contributed by atoms with Crippen molar-refractivity contribution in [1.29, 1.82) is 0 Å². The van der Waals surface area contributed by atoms with Crippen molar-refractivity contribution in [2.75, 3.05) is 26.4 Å². The molecule has 7 N–H and O–H groups in total. The van der Waals surface area contributed by atoms with Crippen molar-refractivity contribution >= 4 is 6.16 Å². The van der Waals surface area contributed by atoms with Crippen LogP contribution in [0.25, 0.3) is 0 Å². The predicted molar refractivity (Wildman–Crippen MR) is 89.1 cm³/mol. The largest absolute Gasteiger partial charge is 0.509 e. The first-order valence-corrected chi connectivity index (χ1v) is 8.74. The van der Waals surface area contributed by atoms with Gasteiger partial charge < -0.3 is 59.4 Å². The maximum atomic E-state index is 11.7. The Morgan fingerprint density at radius 3 is 2.21 bits per heavy atom. The molecule has 0 unspecified atom stereocenters. The SMILES string of the molecule is C=CCOC(=O)O[C@@H]1[C@@H](O)[C@@H](O[C@]2(CO)O[C@H](CO)[C@@H](O)[C@@H]2O)O[C@H](CO)[C@H]1O. The molecule has 0 radical (unpaired) electrons. The van der Waals surface area contributed by atoms with Crippen LogP contribution in [-0.4, -0.2) is 123 Å². The van der Waals surface area contributed by atoms with E-state index in [1.54, 1.807) is 0 Å². The Bertz CT molecular complexity index is 559. The fraction of sp³-hybridized carbons (Fsp3) is 0.812. The van der Waals surface area contributed by atoms with Gasteiger partial charge in [0.15, 0.2) is 12.4 Å². The lowest BCUT2D eigenvalue weighted by Gasteiger charge is -2.44. The number of hydrogen-bond donors (Lipinski definition) is 7. The first-order chi connectivity index (χ1) is 13.7. The highest BCUT2D eigenvalue weighted by atomic mass is 16.8. The number of carbonyl (C=O) groups excluding carboxylic acids is 1. The van der Waals surface area contributed by atoms with Gasteiger partial charge in [-0.3, -0.25) is 0 Å². The van der Waals surface area contributed by atoms with Gasteiger partial charge in [0.1, 0.15) is 49.8 Å². The summed E-state index contributed by atoms with van der Waals surface area (Å²) in [4.78, 5) is 11.7. The molecule has 168 valence electrons. The van der Waals surface area contributed by atoms with Gasteiger partial charge in [0.2, 0.25) is 5.79 Å². The summed E-state index contributed by atoms with van der Waals surface area (Å²) in [5.41, 5.74) is 0. The number of aliphatic hydroxyl groups excluding tert-OH is 7. The second-order valence-corrected chi connectivity index (χ2v) is 6.50. The fourth-order valence-electron chi connectivity index (χ4n) is 3.03. The summed E-state index contributed by atoms with van der Waals surface area (Å²) in [7, 11) is 0. The predicted octanol–water partition coefficient (Wildman–Crippen LogP) is -4.05. The monoisotopic (exact) mass is 426 g/mol. The zero-order chi connectivity index (χ0) is 21.8. The normalized spacial score (nSPS) is 42.4. The number of rotatable bonds is 8. The summed E-state index contributed by atoms with van der Waals surface area (Å²) in [6.45, 7) is 0.637. The molecule has 0 aromatic carbocycles. The molecule has 0 bridgehead atoms. The van der Waals surface area contributed by atoms with Crippen LogP contribution in [0.3, 0.4) is 0 Å². The van der Waals surface area contributed by atoms with Gasteiger partial charge in [-0.25, -0.2) is 4.79 Å². The fourth-order valence-corrected chi connectivity index (χ4v) is 3.03. The molecule has 0 amide bonds. The van der Waals surface area contributed by atoms with E-state index in [0.29, 0.717) is 0 Å². The van der Waals surface area contributed by atoms with Gasteiger partial charge in [0.25, 0.3) is 0 Å². The first-order valence-electron chi connectivity index (χ1n) is 8.74. The maximum Gasteiger partial charge on any atom is 0.509 e. The minimum absolute atomic E-state index is 0.203. The first kappa shape index (κ1) is 23.9. The van der Waals surface area contributed by atoms with E-state index >= 15 is 0 Å². The second-order valence-electron chi connectivity index (χ2n) is 6.50. The molecule has 13 heteroatoms. The minimum atomic E-state index is -2.31. The van der Waals surface area contributed by atoms with Gasteiger partial charge in [-0.05, 0) is 0 Å². The van der Waals surface area contributed by atoms with Gasteiger partial charge in [0, 0.05) is 0 Å². The molecule has 2 heterocycles. The number of aliphatic hydroxyl groups is 7. The van der Waals surface area contributed by atoms with Crippen LogP contribution < -0.4 is 0 Å². The van der Waals surface area contributed by atoms with E-state index in [2.05, 4.69) is 11.3 Å². The average Bonchev–Trinajstić information content (AvgIpc) is 2.96. The van der Waals surface area contributed by atoms with Crippen LogP contribution in [0.2, 0.25) is 0 Å². The van der Waals surface area contributed by atoms with E-state index in [4.69, 9.17) is 18.9 Å². The third-order valence-corrected chi connectivity index (χ3v) is 4.60. The quantitative estimate of drug-likeness (QED) is 0.146. The van der Waals surface area contributed by atoms with Crippen LogP contribution in [0.5, 0.6) is 0 Å². The molecule has 2 aliphatic rings. The lowest BCUT2D eigenvalue weighted by Crippen LogP contribution is -2.63. The Labute approximate surface area is 165 Å². The maximum absolute atomic E-state index is 11.7. The Morgan fingerprint density at radius 2 is 1.69 bits per heavy atom. The van der Waals surface area contributed by atoms with Crippen LogP contribution in [-0.2, 0) is 23.7 Å². The molecule has 2 saturated heterocycles. The summed E-state index contributed by atoms with van der Waals surface area (Å²) in [5.74, 6) is -2.31. The van der Waals surface area contributed by atoms with Gasteiger partial charge >= 0.3 is 6.16 Å². The number of hydrogen-bond acceptors (Lipinski definition) is 13.